The van der Waals surface area contributed by atoms with Gasteiger partial charge in [-0.1, -0.05) is 25.5 Å². The summed E-state index contributed by atoms with van der Waals surface area (Å²) in [5, 5.41) is 9.30. The molecule has 0 rings (SSSR count). The third-order valence-corrected chi connectivity index (χ3v) is 1.61. The predicted molar refractivity (Wildman–Crippen MR) is 62.6 cm³/mol. The first-order chi connectivity index (χ1) is 6.89. The maximum Gasteiger partial charge on any atom is 0.160 e. The van der Waals surface area contributed by atoms with Crippen LogP contribution in [-0.2, 0) is 9.53 Å². The fraction of sp³-hybridized carbons (Fsp3) is 0.750. The smallest absolute Gasteiger partial charge is 0.160 e. The minimum Gasteiger partial charge on any atom is -0.366 e. The Balaban J connectivity index is 0. The predicted octanol–water partition coefficient (Wildman–Crippen LogP) is 2.68. The molecule has 0 aromatic heterocycles. The van der Waals surface area contributed by atoms with Gasteiger partial charge < -0.3 is 14.6 Å². The van der Waals surface area contributed by atoms with Crippen LogP contribution in [0.15, 0.2) is 11.6 Å². The molecule has 0 aliphatic rings. The van der Waals surface area contributed by atoms with Gasteiger partial charge in [-0.25, -0.2) is 0 Å². The van der Waals surface area contributed by atoms with E-state index in [0.29, 0.717) is 12.7 Å². The molecular weight excluding hydrogens is 192 g/mol. The molecular formula is C12H24O3. The van der Waals surface area contributed by atoms with E-state index in [1.807, 2.05) is 33.8 Å². The number of rotatable bonds is 5. The van der Waals surface area contributed by atoms with E-state index in [9.17, 15) is 9.90 Å². The van der Waals surface area contributed by atoms with Crippen molar-refractivity contribution < 1.29 is 14.6 Å². The molecule has 3 nitrogen and oxygen atoms in total. The van der Waals surface area contributed by atoms with Gasteiger partial charge in [0, 0.05) is 6.42 Å². The number of allylic oxidation sites excluding steroid dienone is 1. The van der Waals surface area contributed by atoms with Crippen LogP contribution in [0.5, 0.6) is 0 Å². The number of hydrogen-bond donors (Lipinski definition) is 1. The Morgan fingerprint density at radius 1 is 1.47 bits per heavy atom. The zero-order chi connectivity index (χ0) is 12.5. The fourth-order valence-corrected chi connectivity index (χ4v) is 0.923. The lowest BCUT2D eigenvalue weighted by atomic mass is 10.1. The average molecular weight is 216 g/mol. The first-order valence-electron chi connectivity index (χ1n) is 5.36. The summed E-state index contributed by atoms with van der Waals surface area (Å²) < 4.78 is 5.11. The summed E-state index contributed by atoms with van der Waals surface area (Å²) in [5.41, 5.74) is 1.07. The van der Waals surface area contributed by atoms with Gasteiger partial charge in [0.1, 0.15) is 12.4 Å². The maximum atomic E-state index is 10.6. The summed E-state index contributed by atoms with van der Waals surface area (Å²) in [6, 6.07) is 0. The molecule has 0 aliphatic carbocycles. The van der Waals surface area contributed by atoms with Crippen LogP contribution in [0.2, 0.25) is 0 Å². The number of aliphatic hydroxyl groups is 1. The van der Waals surface area contributed by atoms with Gasteiger partial charge in [-0.05, 0) is 27.7 Å². The standard InChI is InChI=1S/C10H18O3.C2H6/c1-5-8(2)6-9(7-11)13-10(3,4)12;1-2/h5,7,9,12H,6H2,1-4H3;1-2H3/b8-5-;. The van der Waals surface area contributed by atoms with Crippen molar-refractivity contribution >= 4 is 6.29 Å². The van der Waals surface area contributed by atoms with E-state index in [2.05, 4.69) is 0 Å². The molecule has 0 fully saturated rings. The van der Waals surface area contributed by atoms with E-state index in [1.54, 1.807) is 0 Å². The van der Waals surface area contributed by atoms with Crippen LogP contribution >= 0.6 is 0 Å². The molecule has 1 atom stereocenters. The molecule has 0 saturated carbocycles. The highest BCUT2D eigenvalue weighted by Crippen LogP contribution is 2.13. The third-order valence-electron chi connectivity index (χ3n) is 1.61. The van der Waals surface area contributed by atoms with E-state index >= 15 is 0 Å². The van der Waals surface area contributed by atoms with Gasteiger partial charge in [0.15, 0.2) is 5.79 Å². The molecule has 0 radical (unpaired) electrons. The fourth-order valence-electron chi connectivity index (χ4n) is 0.923. The Morgan fingerprint density at radius 2 is 1.93 bits per heavy atom. The lowest BCUT2D eigenvalue weighted by Gasteiger charge is -2.22. The van der Waals surface area contributed by atoms with Gasteiger partial charge in [-0.2, -0.15) is 0 Å². The molecule has 15 heavy (non-hydrogen) atoms. The molecule has 0 aromatic carbocycles. The number of hydrogen-bond acceptors (Lipinski definition) is 3. The lowest BCUT2D eigenvalue weighted by molar-refractivity contribution is -0.201. The summed E-state index contributed by atoms with van der Waals surface area (Å²) >= 11 is 0. The SMILES string of the molecule is C/C=C(/C)CC(C=O)OC(C)(C)O.CC. The average Bonchev–Trinajstić information content (AvgIpc) is 2.17. The minimum atomic E-state index is -1.25. The zero-order valence-corrected chi connectivity index (χ0v) is 10.7. The van der Waals surface area contributed by atoms with Crippen molar-refractivity contribution in [1.29, 1.82) is 0 Å². The van der Waals surface area contributed by atoms with Crippen molar-refractivity contribution in [3.05, 3.63) is 11.6 Å². The summed E-state index contributed by atoms with van der Waals surface area (Å²) in [7, 11) is 0. The van der Waals surface area contributed by atoms with E-state index in [-0.39, 0.29) is 0 Å². The quantitative estimate of drug-likeness (QED) is 0.436. The van der Waals surface area contributed by atoms with Crippen LogP contribution in [0.4, 0.5) is 0 Å². The first kappa shape index (κ1) is 16.7. The number of carbonyl (C=O) groups excluding carboxylic acids is 1. The van der Waals surface area contributed by atoms with E-state index in [1.165, 1.54) is 13.8 Å². The molecule has 0 aromatic rings. The van der Waals surface area contributed by atoms with E-state index in [0.717, 1.165) is 5.57 Å². The van der Waals surface area contributed by atoms with Gasteiger partial charge >= 0.3 is 0 Å². The van der Waals surface area contributed by atoms with Crippen molar-refractivity contribution in [3.8, 4) is 0 Å². The van der Waals surface area contributed by atoms with E-state index < -0.39 is 11.9 Å². The van der Waals surface area contributed by atoms with Crippen LogP contribution in [0.25, 0.3) is 0 Å². The molecule has 1 unspecified atom stereocenters. The van der Waals surface area contributed by atoms with Crippen molar-refractivity contribution in [1.82, 2.24) is 0 Å². The van der Waals surface area contributed by atoms with Gasteiger partial charge in [0.05, 0.1) is 0 Å². The normalized spacial score (nSPS) is 13.9. The number of ether oxygens (including phenoxy) is 1. The highest BCUT2D eigenvalue weighted by Gasteiger charge is 2.19. The highest BCUT2D eigenvalue weighted by atomic mass is 16.6. The zero-order valence-electron chi connectivity index (χ0n) is 10.7. The van der Waals surface area contributed by atoms with Gasteiger partial charge in [-0.15, -0.1) is 0 Å². The van der Waals surface area contributed by atoms with E-state index in [4.69, 9.17) is 4.74 Å². The summed E-state index contributed by atoms with van der Waals surface area (Å²) in [6.45, 7) is 10.8. The molecule has 1 N–H and O–H groups in total. The van der Waals surface area contributed by atoms with Gasteiger partial charge in [0.2, 0.25) is 0 Å². The Bertz CT molecular complexity index is 190. The Morgan fingerprint density at radius 3 is 2.20 bits per heavy atom. The number of carbonyl (C=O) groups is 1. The Kier molecular flexibility index (Phi) is 9.63. The third kappa shape index (κ3) is 11.3. The molecule has 0 bridgehead atoms. The molecule has 3 heteroatoms. The van der Waals surface area contributed by atoms with Crippen LogP contribution in [-0.4, -0.2) is 23.3 Å². The lowest BCUT2D eigenvalue weighted by Crippen LogP contribution is -2.31. The van der Waals surface area contributed by atoms with Crippen molar-refractivity contribution in [3.63, 3.8) is 0 Å². The Labute approximate surface area is 93.1 Å². The largest absolute Gasteiger partial charge is 0.366 e. The highest BCUT2D eigenvalue weighted by molar-refractivity contribution is 5.56. The van der Waals surface area contributed by atoms with Crippen molar-refractivity contribution in [2.24, 2.45) is 0 Å². The number of aldehydes is 1. The summed E-state index contributed by atoms with van der Waals surface area (Å²) in [4.78, 5) is 10.6. The summed E-state index contributed by atoms with van der Waals surface area (Å²) in [5.74, 6) is -1.25. The second-order valence-corrected chi connectivity index (χ2v) is 3.58. The topological polar surface area (TPSA) is 46.5 Å². The summed E-state index contributed by atoms with van der Waals surface area (Å²) in [6.07, 6.45) is 2.61. The second-order valence-electron chi connectivity index (χ2n) is 3.58. The van der Waals surface area contributed by atoms with Gasteiger partial charge in [0.25, 0.3) is 0 Å². The van der Waals surface area contributed by atoms with Crippen LogP contribution in [0.1, 0.15) is 48.0 Å². The molecule has 0 heterocycles. The second kappa shape index (κ2) is 8.62. The first-order valence-corrected chi connectivity index (χ1v) is 5.36. The monoisotopic (exact) mass is 216 g/mol. The van der Waals surface area contributed by atoms with Crippen LogP contribution in [0.3, 0.4) is 0 Å². The van der Waals surface area contributed by atoms with Crippen molar-refractivity contribution in [2.45, 2.75) is 59.9 Å². The molecule has 0 aliphatic heterocycles. The Hall–Kier alpha value is -0.670. The van der Waals surface area contributed by atoms with Crippen LogP contribution in [0, 0.1) is 0 Å². The van der Waals surface area contributed by atoms with Crippen LogP contribution < -0.4 is 0 Å². The molecule has 0 spiro atoms. The minimum absolute atomic E-state index is 0.532. The molecule has 0 amide bonds. The molecule has 0 saturated heterocycles. The maximum absolute atomic E-state index is 10.6. The molecule has 90 valence electrons. The van der Waals surface area contributed by atoms with Gasteiger partial charge in [-0.3, -0.25) is 0 Å². The van der Waals surface area contributed by atoms with Crippen molar-refractivity contribution in [2.75, 3.05) is 0 Å².